The first-order valence-corrected chi connectivity index (χ1v) is 19.0. The van der Waals surface area contributed by atoms with Crippen LogP contribution in [-0.4, -0.2) is 110 Å². The van der Waals surface area contributed by atoms with E-state index in [0.717, 1.165) is 106 Å². The van der Waals surface area contributed by atoms with Gasteiger partial charge in [-0.2, -0.15) is 0 Å². The Labute approximate surface area is 300 Å². The lowest BCUT2D eigenvalue weighted by Crippen LogP contribution is -2.52. The highest BCUT2D eigenvalue weighted by Crippen LogP contribution is 2.35. The molecule has 4 aliphatic rings. The van der Waals surface area contributed by atoms with Gasteiger partial charge in [-0.25, -0.2) is 14.4 Å². The third-order valence-corrected chi connectivity index (χ3v) is 12.3. The van der Waals surface area contributed by atoms with Gasteiger partial charge in [-0.15, -0.1) is 0 Å². The molecule has 3 N–H and O–H groups in total. The van der Waals surface area contributed by atoms with E-state index in [0.29, 0.717) is 24.7 Å². The predicted molar refractivity (Wildman–Crippen MR) is 202 cm³/mol. The van der Waals surface area contributed by atoms with E-state index >= 15 is 0 Å². The minimum Gasteiger partial charge on any atom is -0.450 e. The molecule has 8 rings (SSSR count). The van der Waals surface area contributed by atoms with Crippen LogP contribution in [0.2, 0.25) is 0 Å². The number of piperidine rings is 2. The third-order valence-electron chi connectivity index (χ3n) is 12.3. The van der Waals surface area contributed by atoms with Crippen LogP contribution in [0.15, 0.2) is 46.0 Å². The summed E-state index contributed by atoms with van der Waals surface area (Å²) in [6.07, 6.45) is 5.96. The van der Waals surface area contributed by atoms with Crippen LogP contribution in [-0.2, 0) is 4.74 Å². The van der Waals surface area contributed by atoms with Crippen LogP contribution in [0.3, 0.4) is 0 Å². The number of H-pyrrole nitrogens is 2. The average molecular weight is 701 g/mol. The standard InChI is InChI=1S/C21H30N4O3.C18H26N4O/c1-4-28-20(27)23-12-9-21(3,14-23)24-10-7-16(8-11-24)25-18-13-15(2)5-6-17(18)22-19(25)26;1-13-3-4-15-16(11-13)22(17(23)20-15)14-5-9-21(10-6-14)18(2)7-8-19-12-18/h5-6,13,16H,4,7-12,14H2,1-3H3,(H,22,26);3-4,11,14,19H,5-10,12H2,1-2H3,(H,20,23). The van der Waals surface area contributed by atoms with E-state index in [1.54, 1.807) is 0 Å². The number of nitrogens with zero attached hydrogens (tertiary/aromatic N) is 5. The number of imidazole rings is 2. The number of hydrogen-bond donors (Lipinski definition) is 3. The van der Waals surface area contributed by atoms with E-state index in [1.807, 2.05) is 39.2 Å². The maximum atomic E-state index is 12.6. The first-order chi connectivity index (χ1) is 24.5. The Morgan fingerprint density at radius 2 is 1.27 bits per heavy atom. The monoisotopic (exact) mass is 700 g/mol. The van der Waals surface area contributed by atoms with Crippen LogP contribution in [0.1, 0.15) is 82.5 Å². The minimum atomic E-state index is -0.207. The first-order valence-electron chi connectivity index (χ1n) is 19.0. The molecular formula is C39H56N8O4. The number of benzene rings is 2. The van der Waals surface area contributed by atoms with Gasteiger partial charge < -0.3 is 24.9 Å². The number of fused-ring (bicyclic) bond motifs is 2. The van der Waals surface area contributed by atoms with Gasteiger partial charge in [0, 0.05) is 69.0 Å². The molecule has 4 aromatic rings. The summed E-state index contributed by atoms with van der Waals surface area (Å²) in [5, 5.41) is 3.49. The largest absolute Gasteiger partial charge is 0.450 e. The van der Waals surface area contributed by atoms with Crippen LogP contribution in [0.5, 0.6) is 0 Å². The Kier molecular flexibility index (Phi) is 9.94. The molecule has 276 valence electrons. The highest BCUT2D eigenvalue weighted by molar-refractivity contribution is 5.77. The molecule has 1 amide bonds. The molecular weight excluding hydrogens is 644 g/mol. The number of likely N-dealkylation sites (tertiary alicyclic amines) is 3. The van der Waals surface area contributed by atoms with E-state index < -0.39 is 0 Å². The zero-order chi connectivity index (χ0) is 35.9. The van der Waals surface area contributed by atoms with Crippen molar-refractivity contribution in [3.05, 3.63) is 68.5 Å². The molecule has 0 saturated carbocycles. The summed E-state index contributed by atoms with van der Waals surface area (Å²) >= 11 is 0. The van der Waals surface area contributed by atoms with Gasteiger partial charge in [-0.3, -0.25) is 18.9 Å². The van der Waals surface area contributed by atoms with Crippen molar-refractivity contribution in [1.29, 1.82) is 0 Å². The Hall–Kier alpha value is -3.87. The Morgan fingerprint density at radius 1 is 0.765 bits per heavy atom. The summed E-state index contributed by atoms with van der Waals surface area (Å²) in [4.78, 5) is 50.0. The van der Waals surface area contributed by atoms with E-state index in [-0.39, 0.29) is 29.1 Å². The second kappa shape index (κ2) is 14.3. The lowest BCUT2D eigenvalue weighted by Gasteiger charge is -2.43. The SMILES string of the molecule is CCOC(=O)N1CCC(C)(N2CCC(n3c(=O)[nH]c4ccc(C)cc43)CC2)C1.Cc1ccc2[nH]c(=O)n(C3CCN(C4(C)CCNC4)CC3)c2c1. The number of carbonyl (C=O) groups excluding carboxylic acids is 1. The van der Waals surface area contributed by atoms with Crippen molar-refractivity contribution >= 4 is 28.2 Å². The second-order valence-electron chi connectivity index (χ2n) is 15.9. The highest BCUT2D eigenvalue weighted by Gasteiger charge is 2.43. The zero-order valence-corrected chi connectivity index (χ0v) is 31.1. The quantitative estimate of drug-likeness (QED) is 0.270. The number of aromatic amines is 2. The third kappa shape index (κ3) is 7.02. The second-order valence-corrected chi connectivity index (χ2v) is 15.9. The van der Waals surface area contributed by atoms with Gasteiger partial charge in [-0.05, 0) is 115 Å². The minimum absolute atomic E-state index is 0.0142. The Bertz CT molecular complexity index is 1970. The molecule has 51 heavy (non-hydrogen) atoms. The number of ether oxygens (including phenoxy) is 1. The molecule has 2 atom stereocenters. The maximum Gasteiger partial charge on any atom is 0.409 e. The molecule has 4 aliphatic heterocycles. The molecule has 12 heteroatoms. The summed E-state index contributed by atoms with van der Waals surface area (Å²) in [5.41, 5.74) is 6.60. The fraction of sp³-hybridized carbons (Fsp3) is 0.615. The molecule has 0 spiro atoms. The van der Waals surface area contributed by atoms with E-state index in [9.17, 15) is 14.4 Å². The molecule has 2 aromatic heterocycles. The van der Waals surface area contributed by atoms with Crippen LogP contribution in [0.25, 0.3) is 22.1 Å². The highest BCUT2D eigenvalue weighted by atomic mass is 16.6. The zero-order valence-electron chi connectivity index (χ0n) is 31.1. The number of hydrogen-bond acceptors (Lipinski definition) is 7. The van der Waals surface area contributed by atoms with Gasteiger partial charge >= 0.3 is 17.5 Å². The molecule has 6 heterocycles. The number of rotatable bonds is 5. The lowest BCUT2D eigenvalue weighted by molar-refractivity contribution is 0.0640. The van der Waals surface area contributed by atoms with Crippen LogP contribution >= 0.6 is 0 Å². The van der Waals surface area contributed by atoms with Crippen molar-refractivity contribution in [2.24, 2.45) is 0 Å². The van der Waals surface area contributed by atoms with Crippen molar-refractivity contribution in [1.82, 2.24) is 39.1 Å². The first kappa shape index (κ1) is 35.5. The van der Waals surface area contributed by atoms with Crippen molar-refractivity contribution in [2.75, 3.05) is 59.0 Å². The van der Waals surface area contributed by atoms with Crippen molar-refractivity contribution in [3.63, 3.8) is 0 Å². The summed E-state index contributed by atoms with van der Waals surface area (Å²) in [6.45, 7) is 18.7. The Balaban J connectivity index is 0.000000162. The number of aromatic nitrogens is 4. The van der Waals surface area contributed by atoms with E-state index in [1.165, 1.54) is 12.0 Å². The van der Waals surface area contributed by atoms with Gasteiger partial charge in [0.1, 0.15) is 0 Å². The number of aryl methyl sites for hydroxylation is 2. The van der Waals surface area contributed by atoms with Crippen LogP contribution in [0, 0.1) is 13.8 Å². The normalized spacial score (nSPS) is 25.5. The summed E-state index contributed by atoms with van der Waals surface area (Å²) in [7, 11) is 0. The molecule has 0 aliphatic carbocycles. The number of amides is 1. The van der Waals surface area contributed by atoms with Gasteiger partial charge in [0.25, 0.3) is 0 Å². The fourth-order valence-electron chi connectivity index (χ4n) is 9.16. The topological polar surface area (TPSA) is 124 Å². The molecule has 0 radical (unpaired) electrons. The Morgan fingerprint density at radius 3 is 1.75 bits per heavy atom. The van der Waals surface area contributed by atoms with Gasteiger partial charge in [-0.1, -0.05) is 12.1 Å². The molecule has 2 aromatic carbocycles. The van der Waals surface area contributed by atoms with Crippen LogP contribution in [0.4, 0.5) is 4.79 Å². The van der Waals surface area contributed by atoms with Crippen molar-refractivity contribution < 1.29 is 9.53 Å². The van der Waals surface area contributed by atoms with Gasteiger partial charge in [0.05, 0.1) is 28.7 Å². The van der Waals surface area contributed by atoms with Gasteiger partial charge in [0.2, 0.25) is 0 Å². The lowest BCUT2D eigenvalue weighted by atomic mass is 9.93. The summed E-state index contributed by atoms with van der Waals surface area (Å²) < 4.78 is 9.10. The number of carbonyl (C=O) groups is 1. The summed E-state index contributed by atoms with van der Waals surface area (Å²) in [5.74, 6) is 0. The van der Waals surface area contributed by atoms with Crippen molar-refractivity contribution in [3.8, 4) is 0 Å². The molecule has 4 saturated heterocycles. The van der Waals surface area contributed by atoms with Crippen LogP contribution < -0.4 is 16.7 Å². The van der Waals surface area contributed by atoms with Crippen molar-refractivity contribution in [2.45, 2.75) is 96.3 Å². The smallest absolute Gasteiger partial charge is 0.409 e. The van der Waals surface area contributed by atoms with Gasteiger partial charge in [0.15, 0.2) is 0 Å². The number of nitrogens with one attached hydrogen (secondary N) is 3. The molecule has 4 fully saturated rings. The van der Waals surface area contributed by atoms with E-state index in [2.05, 4.69) is 71.0 Å². The molecule has 2 unspecified atom stereocenters. The maximum absolute atomic E-state index is 12.6. The summed E-state index contributed by atoms with van der Waals surface area (Å²) in [6, 6.07) is 12.8. The molecule has 12 nitrogen and oxygen atoms in total. The van der Waals surface area contributed by atoms with E-state index in [4.69, 9.17) is 4.74 Å². The average Bonchev–Trinajstić information content (AvgIpc) is 3.90. The fourth-order valence-corrected chi connectivity index (χ4v) is 9.16. The molecule has 0 bridgehead atoms. The predicted octanol–water partition coefficient (Wildman–Crippen LogP) is 4.92.